The summed E-state index contributed by atoms with van der Waals surface area (Å²) < 4.78 is 85.7. The van der Waals surface area contributed by atoms with Gasteiger partial charge in [-0.15, -0.1) is 0 Å². The number of nitrogens with two attached hydrogens (primary N) is 2. The summed E-state index contributed by atoms with van der Waals surface area (Å²) in [5.41, 5.74) is 11.3. The van der Waals surface area contributed by atoms with Gasteiger partial charge in [0.1, 0.15) is 0 Å². The number of methoxy groups -OCH3 is 2. The molecule has 0 aliphatic heterocycles. The Bertz CT molecular complexity index is 1410. The van der Waals surface area contributed by atoms with E-state index in [-0.39, 0.29) is 87.1 Å². The maximum atomic E-state index is 12.7. The Morgan fingerprint density at radius 2 is 0.500 bits per heavy atom. The number of hydrogen-bond donors (Lipinski definition) is 6. The topological polar surface area (TPSA) is 342 Å². The Hall–Kier alpha value is -4.08. The van der Waals surface area contributed by atoms with Gasteiger partial charge in [-0.3, -0.25) is 19.2 Å². The van der Waals surface area contributed by atoms with Crippen molar-refractivity contribution in [3.63, 3.8) is 0 Å². The molecule has 0 aromatic carbocycles. The highest BCUT2D eigenvalue weighted by Gasteiger charge is 2.20. The molecule has 430 valence electrons. The third kappa shape index (κ3) is 43.2. The average Bonchev–Trinajstić information content (AvgIpc) is 3.39. The monoisotopic (exact) mass is 1070 g/mol. The van der Waals surface area contributed by atoms with Crippen LogP contribution in [0.25, 0.3) is 0 Å². The Kier molecular flexibility index (Phi) is 48.1. The van der Waals surface area contributed by atoms with Gasteiger partial charge in [0, 0.05) is 53.2 Å². The molecule has 0 unspecified atom stereocenters. The molecule has 0 bridgehead atoms. The molecule has 74 heavy (non-hydrogen) atoms. The molecule has 0 spiro atoms. The molecule has 1 aromatic rings. The number of aromatic nitrogens is 2. The second kappa shape index (κ2) is 52.4. The zero-order valence-electron chi connectivity index (χ0n) is 43.7. The largest absolute Gasteiger partial charge is 0.382 e. The van der Waals surface area contributed by atoms with E-state index in [0.717, 1.165) is 0 Å². The van der Waals surface area contributed by atoms with Crippen LogP contribution in [0, 0.1) is 0 Å². The number of hydrogen-bond acceptors (Lipinski definition) is 24. The van der Waals surface area contributed by atoms with Crippen molar-refractivity contribution < 1.29 is 95.0 Å². The van der Waals surface area contributed by atoms with E-state index in [4.69, 9.17) is 87.3 Å². The predicted octanol–water partition coefficient (Wildman–Crippen LogP) is -2.36. The van der Waals surface area contributed by atoms with Crippen LogP contribution in [0.5, 0.6) is 0 Å². The summed E-state index contributed by atoms with van der Waals surface area (Å²) in [6, 6.07) is 0. The van der Waals surface area contributed by atoms with Crippen LogP contribution < -0.4 is 32.7 Å². The van der Waals surface area contributed by atoms with Gasteiger partial charge >= 0.3 is 0 Å². The number of carbonyl (C=O) groups is 4. The van der Waals surface area contributed by atoms with Crippen molar-refractivity contribution in [2.45, 2.75) is 12.8 Å². The van der Waals surface area contributed by atoms with Gasteiger partial charge < -0.3 is 109 Å². The van der Waals surface area contributed by atoms with Crippen LogP contribution in [-0.2, 0) is 85.4 Å². The van der Waals surface area contributed by atoms with E-state index >= 15 is 0 Å². The molecule has 0 saturated carbocycles. The average molecular weight is 1070 g/mol. The number of ether oxygens (including phenoxy) is 16. The van der Waals surface area contributed by atoms with Gasteiger partial charge in [-0.25, -0.2) is 9.97 Å². The Balaban J connectivity index is 1.95. The lowest BCUT2D eigenvalue weighted by molar-refractivity contribution is -0.123. The highest BCUT2D eigenvalue weighted by atomic mass is 16.6. The first kappa shape index (κ1) is 67.9. The van der Waals surface area contributed by atoms with Crippen LogP contribution in [-0.4, -0.2) is 272 Å². The van der Waals surface area contributed by atoms with Gasteiger partial charge in [-0.05, 0) is 0 Å². The van der Waals surface area contributed by atoms with Gasteiger partial charge in [-0.2, -0.15) is 0 Å². The van der Waals surface area contributed by atoms with Gasteiger partial charge in [-0.1, -0.05) is 0 Å². The van der Waals surface area contributed by atoms with Crippen molar-refractivity contribution in [1.82, 2.24) is 31.2 Å². The number of nitrogen functional groups attached to an aromatic ring is 2. The zero-order valence-corrected chi connectivity index (χ0v) is 43.7. The number of nitrogens with one attached hydrogen (secondary N) is 4. The molecule has 0 fully saturated rings. The summed E-state index contributed by atoms with van der Waals surface area (Å²) in [6.45, 7) is 13.5. The molecule has 1 rings (SSSR count). The van der Waals surface area contributed by atoms with Crippen molar-refractivity contribution in [1.29, 1.82) is 0 Å². The minimum Gasteiger partial charge on any atom is -0.382 e. The Labute approximate surface area is 435 Å². The summed E-state index contributed by atoms with van der Waals surface area (Å²) in [4.78, 5) is 57.6. The van der Waals surface area contributed by atoms with Crippen molar-refractivity contribution in [2.24, 2.45) is 0 Å². The summed E-state index contributed by atoms with van der Waals surface area (Å²) in [7, 11) is 3.25. The molecule has 4 amide bonds. The molecule has 8 N–H and O–H groups in total. The molecule has 0 aliphatic rings. The lowest BCUT2D eigenvalue weighted by Crippen LogP contribution is -2.37. The van der Waals surface area contributed by atoms with E-state index in [9.17, 15) is 19.2 Å². The van der Waals surface area contributed by atoms with E-state index < -0.39 is 11.8 Å². The molecule has 1 aromatic heterocycles. The second-order valence-electron chi connectivity index (χ2n) is 15.0. The highest BCUT2D eigenvalue weighted by molar-refractivity contribution is 6.00. The first-order valence-corrected chi connectivity index (χ1v) is 24.9. The Morgan fingerprint density at radius 1 is 0.311 bits per heavy atom. The SMILES string of the molecule is COCCOCCOCCOCCOCCOCCOCCOCCC(=O)NCCNC(=O)c1nc(N)c(C(=O)NCCNC(=O)CCOCCOCCOCCOCCOCCOCCOCCOC)nc1N. The molecule has 0 radical (unpaired) electrons. The zero-order chi connectivity index (χ0) is 53.6. The van der Waals surface area contributed by atoms with Crippen LogP contribution in [0.2, 0.25) is 0 Å². The van der Waals surface area contributed by atoms with Crippen LogP contribution in [0.3, 0.4) is 0 Å². The van der Waals surface area contributed by atoms with Crippen molar-refractivity contribution in [3.05, 3.63) is 11.4 Å². The number of anilines is 2. The predicted molar refractivity (Wildman–Crippen MR) is 266 cm³/mol. The first-order chi connectivity index (χ1) is 36.3. The number of amides is 4. The maximum absolute atomic E-state index is 12.7. The van der Waals surface area contributed by atoms with Gasteiger partial charge in [0.05, 0.1) is 198 Å². The van der Waals surface area contributed by atoms with E-state index in [1.54, 1.807) is 14.2 Å². The van der Waals surface area contributed by atoms with E-state index in [1.807, 2.05) is 0 Å². The van der Waals surface area contributed by atoms with E-state index in [0.29, 0.717) is 185 Å². The van der Waals surface area contributed by atoms with Crippen LogP contribution in [0.4, 0.5) is 11.6 Å². The fourth-order valence-electron chi connectivity index (χ4n) is 5.35. The van der Waals surface area contributed by atoms with Crippen LogP contribution in [0.15, 0.2) is 0 Å². The quantitative estimate of drug-likeness (QED) is 0.0372. The van der Waals surface area contributed by atoms with Crippen LogP contribution >= 0.6 is 0 Å². The van der Waals surface area contributed by atoms with Crippen molar-refractivity contribution in [2.75, 3.05) is 250 Å². The third-order valence-corrected chi connectivity index (χ3v) is 9.12. The highest BCUT2D eigenvalue weighted by Crippen LogP contribution is 2.13. The summed E-state index contributed by atoms with van der Waals surface area (Å²) in [5.74, 6) is -2.59. The minimum atomic E-state index is -0.698. The maximum Gasteiger partial charge on any atom is 0.273 e. The fraction of sp³-hybridized carbons (Fsp3) is 0.826. The molecule has 0 saturated heterocycles. The molecule has 0 atom stereocenters. The summed E-state index contributed by atoms with van der Waals surface area (Å²) >= 11 is 0. The lowest BCUT2D eigenvalue weighted by atomic mass is 10.3. The van der Waals surface area contributed by atoms with Crippen molar-refractivity contribution in [3.8, 4) is 0 Å². The lowest BCUT2D eigenvalue weighted by Gasteiger charge is -2.11. The van der Waals surface area contributed by atoms with Gasteiger partial charge in [0.25, 0.3) is 11.8 Å². The molecule has 28 heteroatoms. The number of rotatable bonds is 56. The van der Waals surface area contributed by atoms with Crippen LogP contribution in [0.1, 0.15) is 33.8 Å². The van der Waals surface area contributed by atoms with E-state index in [2.05, 4.69) is 31.2 Å². The standard InChI is InChI=1S/C46H86N8O20/c1-59-11-13-63-19-21-67-27-29-71-35-37-73-33-31-69-25-23-65-17-15-61-9-3-39(55)49-5-7-51-45(57)41-43(47)54-42(44(48)53-41)46(58)52-8-6-50-40(56)4-10-62-16-18-66-24-26-70-32-34-74-38-36-72-30-28-68-22-20-64-14-12-60-2/h3-38H2,1-2H3,(H2,48,53)(H2,47,54)(H,49,55)(H,50,56)(H,51,57)(H,52,58). The fourth-order valence-corrected chi connectivity index (χ4v) is 5.35. The molecular formula is C46H86N8O20. The van der Waals surface area contributed by atoms with Gasteiger partial charge in [0.15, 0.2) is 23.0 Å². The minimum absolute atomic E-state index is 0.0548. The normalized spacial score (nSPS) is 11.3. The van der Waals surface area contributed by atoms with E-state index in [1.165, 1.54) is 0 Å². The number of nitrogens with zero attached hydrogens (tertiary/aromatic N) is 2. The molecular weight excluding hydrogens is 985 g/mol. The molecule has 1 heterocycles. The van der Waals surface area contributed by atoms with Gasteiger partial charge in [0.2, 0.25) is 11.8 Å². The Morgan fingerprint density at radius 3 is 0.716 bits per heavy atom. The third-order valence-electron chi connectivity index (χ3n) is 9.12. The molecule has 28 nitrogen and oxygen atoms in total. The number of carbonyl (C=O) groups excluding carboxylic acids is 4. The first-order valence-electron chi connectivity index (χ1n) is 24.9. The summed E-state index contributed by atoms with van der Waals surface area (Å²) in [5, 5.41) is 10.5. The second-order valence-corrected chi connectivity index (χ2v) is 15.0. The summed E-state index contributed by atoms with van der Waals surface area (Å²) in [6.07, 6.45) is 0.220. The molecule has 0 aliphatic carbocycles. The van der Waals surface area contributed by atoms with Crippen molar-refractivity contribution >= 4 is 35.3 Å². The smallest absolute Gasteiger partial charge is 0.273 e.